The van der Waals surface area contributed by atoms with Crippen molar-refractivity contribution in [1.29, 1.82) is 5.41 Å². The Morgan fingerprint density at radius 3 is 2.83 bits per heavy atom. The predicted molar refractivity (Wildman–Crippen MR) is 142 cm³/mol. The van der Waals surface area contributed by atoms with E-state index in [9.17, 15) is 4.79 Å². The standard InChI is InChI=1S/C26H25N7OS/c27-17-35-26(28)31-22-6-2-5-21(12-22)23-14-30-24-13-20(7-9-33(23)24)19-4-1-3-18(11-19)15-32-10-8-29-25(34)16-32/h1-7,9,11-14,17,27H,8,10,15-16H2,(H2,28,31)(H,29,34). The van der Waals surface area contributed by atoms with Crippen molar-refractivity contribution in [3.05, 3.63) is 78.6 Å². The van der Waals surface area contributed by atoms with Gasteiger partial charge in [-0.1, -0.05) is 30.3 Å². The van der Waals surface area contributed by atoms with Gasteiger partial charge in [-0.2, -0.15) is 0 Å². The number of aliphatic imine (C=N–C) groups is 1. The summed E-state index contributed by atoms with van der Waals surface area (Å²) in [6.07, 6.45) is 3.89. The largest absolute Gasteiger partial charge is 0.378 e. The number of nitrogens with two attached hydrogens (primary N) is 1. The van der Waals surface area contributed by atoms with Gasteiger partial charge in [-0.05, 0) is 58.8 Å². The lowest BCUT2D eigenvalue weighted by Gasteiger charge is -2.26. The number of rotatable bonds is 6. The van der Waals surface area contributed by atoms with Gasteiger partial charge in [0.25, 0.3) is 0 Å². The molecule has 1 fully saturated rings. The molecule has 4 N–H and O–H groups in total. The van der Waals surface area contributed by atoms with Crippen molar-refractivity contribution >= 4 is 39.7 Å². The zero-order valence-electron chi connectivity index (χ0n) is 19.0. The number of hydrogen-bond donors (Lipinski definition) is 3. The number of pyridine rings is 1. The number of piperazine rings is 1. The summed E-state index contributed by atoms with van der Waals surface area (Å²) in [5.41, 5.74) is 13.9. The third-order valence-corrected chi connectivity index (χ3v) is 6.31. The summed E-state index contributed by atoms with van der Waals surface area (Å²) in [6, 6.07) is 20.4. The van der Waals surface area contributed by atoms with Crippen LogP contribution in [0.25, 0.3) is 28.0 Å². The lowest BCUT2D eigenvalue weighted by Crippen LogP contribution is -2.47. The van der Waals surface area contributed by atoms with Crippen molar-refractivity contribution in [2.45, 2.75) is 6.54 Å². The van der Waals surface area contributed by atoms with Crippen molar-refractivity contribution in [1.82, 2.24) is 19.6 Å². The average molecular weight is 484 g/mol. The van der Waals surface area contributed by atoms with E-state index in [-0.39, 0.29) is 5.91 Å². The Hall–Kier alpha value is -3.95. The maximum atomic E-state index is 11.7. The fourth-order valence-electron chi connectivity index (χ4n) is 4.26. The molecular formula is C26H25N7OS. The SMILES string of the molecule is N=CSC(N)=Nc1cccc(-c2cnc3cc(-c4cccc(CN5CCNC(=O)C5)c4)ccn23)c1. The monoisotopic (exact) mass is 483 g/mol. The van der Waals surface area contributed by atoms with Crippen LogP contribution in [0.2, 0.25) is 0 Å². The molecular weight excluding hydrogens is 458 g/mol. The van der Waals surface area contributed by atoms with E-state index in [4.69, 9.17) is 11.1 Å². The summed E-state index contributed by atoms with van der Waals surface area (Å²) >= 11 is 1.07. The van der Waals surface area contributed by atoms with Gasteiger partial charge in [-0.3, -0.25) is 14.1 Å². The maximum Gasteiger partial charge on any atom is 0.234 e. The number of fused-ring (bicyclic) bond motifs is 1. The number of imidazole rings is 1. The molecule has 0 spiro atoms. The van der Waals surface area contributed by atoms with Crippen LogP contribution in [-0.2, 0) is 11.3 Å². The molecule has 8 nitrogen and oxygen atoms in total. The van der Waals surface area contributed by atoms with Gasteiger partial charge in [0.05, 0.1) is 29.7 Å². The van der Waals surface area contributed by atoms with Crippen LogP contribution < -0.4 is 11.1 Å². The predicted octanol–water partition coefficient (Wildman–Crippen LogP) is 3.89. The molecule has 2 aromatic carbocycles. The molecule has 0 aliphatic carbocycles. The minimum Gasteiger partial charge on any atom is -0.378 e. The molecule has 0 unspecified atom stereocenters. The Kier molecular flexibility index (Phi) is 6.60. The number of amidine groups is 1. The second-order valence-electron chi connectivity index (χ2n) is 8.28. The topological polar surface area (TPSA) is 112 Å². The van der Waals surface area contributed by atoms with Crippen LogP contribution >= 0.6 is 11.8 Å². The van der Waals surface area contributed by atoms with Gasteiger partial charge in [0.2, 0.25) is 5.91 Å². The second-order valence-corrected chi connectivity index (χ2v) is 9.17. The number of benzene rings is 2. The molecule has 3 heterocycles. The number of aromatic nitrogens is 2. The van der Waals surface area contributed by atoms with Crippen molar-refractivity contribution in [2.24, 2.45) is 10.7 Å². The average Bonchev–Trinajstić information content (AvgIpc) is 3.28. The quantitative estimate of drug-likeness (QED) is 0.285. The van der Waals surface area contributed by atoms with Gasteiger partial charge >= 0.3 is 0 Å². The van der Waals surface area contributed by atoms with Crippen molar-refractivity contribution in [3.63, 3.8) is 0 Å². The Labute approximate surface area is 207 Å². The third kappa shape index (κ3) is 5.26. The molecule has 1 saturated heterocycles. The van der Waals surface area contributed by atoms with Crippen molar-refractivity contribution < 1.29 is 4.79 Å². The molecule has 1 aliphatic rings. The lowest BCUT2D eigenvalue weighted by atomic mass is 10.0. The summed E-state index contributed by atoms with van der Waals surface area (Å²) in [4.78, 5) is 22.9. The highest BCUT2D eigenvalue weighted by atomic mass is 32.2. The first-order valence-corrected chi connectivity index (χ1v) is 12.1. The smallest absolute Gasteiger partial charge is 0.234 e. The van der Waals surface area contributed by atoms with E-state index in [1.54, 1.807) is 0 Å². The summed E-state index contributed by atoms with van der Waals surface area (Å²) in [6.45, 7) is 2.74. The van der Waals surface area contributed by atoms with Crippen LogP contribution in [0.15, 0.2) is 78.0 Å². The van der Waals surface area contributed by atoms with E-state index in [0.717, 1.165) is 64.1 Å². The van der Waals surface area contributed by atoms with Crippen LogP contribution in [0.4, 0.5) is 5.69 Å². The zero-order valence-corrected chi connectivity index (χ0v) is 19.8. The Morgan fingerprint density at radius 1 is 1.14 bits per heavy atom. The molecule has 0 saturated carbocycles. The van der Waals surface area contributed by atoms with Gasteiger partial charge in [0.1, 0.15) is 5.65 Å². The molecule has 2 aromatic heterocycles. The number of hydrogen-bond acceptors (Lipinski definition) is 6. The fraction of sp³-hybridized carbons (Fsp3) is 0.154. The Balaban J connectivity index is 1.40. The van der Waals surface area contributed by atoms with Crippen LogP contribution in [0.1, 0.15) is 5.56 Å². The van der Waals surface area contributed by atoms with Gasteiger partial charge in [0, 0.05) is 31.4 Å². The fourth-order valence-corrected chi connectivity index (χ4v) is 4.54. The van der Waals surface area contributed by atoms with E-state index >= 15 is 0 Å². The third-order valence-electron chi connectivity index (χ3n) is 5.86. The maximum absolute atomic E-state index is 11.7. The van der Waals surface area contributed by atoms with Gasteiger partial charge < -0.3 is 16.5 Å². The summed E-state index contributed by atoms with van der Waals surface area (Å²) < 4.78 is 2.05. The van der Waals surface area contributed by atoms with E-state index in [0.29, 0.717) is 18.3 Å². The normalized spacial score (nSPS) is 14.7. The molecule has 1 aliphatic heterocycles. The number of amides is 1. The Morgan fingerprint density at radius 2 is 1.97 bits per heavy atom. The van der Waals surface area contributed by atoms with E-state index in [1.165, 1.54) is 5.56 Å². The summed E-state index contributed by atoms with van der Waals surface area (Å²) in [5.74, 6) is 0.0824. The second kappa shape index (κ2) is 10.1. The molecule has 1 amide bonds. The Bertz CT molecular complexity index is 1430. The highest BCUT2D eigenvalue weighted by Gasteiger charge is 2.16. The van der Waals surface area contributed by atoms with Crippen LogP contribution in [0.3, 0.4) is 0 Å². The highest BCUT2D eigenvalue weighted by molar-refractivity contribution is 8.24. The molecule has 0 atom stereocenters. The zero-order chi connectivity index (χ0) is 24.2. The first-order chi connectivity index (χ1) is 17.1. The molecule has 5 rings (SSSR count). The molecule has 0 bridgehead atoms. The van der Waals surface area contributed by atoms with E-state index < -0.39 is 0 Å². The van der Waals surface area contributed by atoms with Gasteiger partial charge in [-0.25, -0.2) is 9.98 Å². The molecule has 0 radical (unpaired) electrons. The minimum atomic E-state index is 0.0824. The number of nitrogens with zero attached hydrogens (tertiary/aromatic N) is 4. The molecule has 9 heteroatoms. The lowest BCUT2D eigenvalue weighted by molar-refractivity contribution is -0.124. The van der Waals surface area contributed by atoms with E-state index in [1.807, 2.05) is 36.7 Å². The highest BCUT2D eigenvalue weighted by Crippen LogP contribution is 2.28. The van der Waals surface area contributed by atoms with Gasteiger partial charge in [0.15, 0.2) is 5.17 Å². The van der Waals surface area contributed by atoms with Crippen molar-refractivity contribution in [2.75, 3.05) is 19.6 Å². The summed E-state index contributed by atoms with van der Waals surface area (Å²) in [5, 5.41) is 10.3. The molecule has 176 valence electrons. The number of thioether (sulfide) groups is 1. The minimum absolute atomic E-state index is 0.0824. The van der Waals surface area contributed by atoms with Crippen LogP contribution in [-0.4, -0.2) is 50.5 Å². The number of carbonyl (C=O) groups excluding carboxylic acids is 1. The van der Waals surface area contributed by atoms with Crippen molar-refractivity contribution in [3.8, 4) is 22.4 Å². The summed E-state index contributed by atoms with van der Waals surface area (Å²) in [7, 11) is 0. The van der Waals surface area contributed by atoms with Crippen LogP contribution in [0, 0.1) is 5.41 Å². The van der Waals surface area contributed by atoms with E-state index in [2.05, 4.69) is 61.0 Å². The first kappa shape index (κ1) is 22.8. The molecule has 4 aromatic rings. The first-order valence-electron chi connectivity index (χ1n) is 11.2. The van der Waals surface area contributed by atoms with Gasteiger partial charge in [-0.15, -0.1) is 0 Å². The number of carbonyl (C=O) groups is 1. The number of nitrogens with one attached hydrogen (secondary N) is 2. The van der Waals surface area contributed by atoms with Crippen LogP contribution in [0.5, 0.6) is 0 Å². The molecule has 35 heavy (non-hydrogen) atoms.